The number of hydrogen-bond donors (Lipinski definition) is 2. The van der Waals surface area contributed by atoms with Crippen LogP contribution in [0.1, 0.15) is 24.1 Å². The lowest BCUT2D eigenvalue weighted by Crippen LogP contribution is -2.32. The van der Waals surface area contributed by atoms with Crippen LogP contribution < -0.4 is 10.2 Å². The quantitative estimate of drug-likeness (QED) is 0.671. The molecule has 0 aliphatic carbocycles. The summed E-state index contributed by atoms with van der Waals surface area (Å²) < 4.78 is 5.90. The van der Waals surface area contributed by atoms with E-state index in [0.29, 0.717) is 17.5 Å². The van der Waals surface area contributed by atoms with Gasteiger partial charge < -0.3 is 19.7 Å². The fourth-order valence-electron chi connectivity index (χ4n) is 3.51. The molecule has 8 nitrogen and oxygen atoms in total. The van der Waals surface area contributed by atoms with Crippen LogP contribution in [0.15, 0.2) is 34.9 Å². The minimum atomic E-state index is 0.0826. The molecule has 3 heterocycles. The van der Waals surface area contributed by atoms with Crippen LogP contribution in [0.4, 0.5) is 5.82 Å². The van der Waals surface area contributed by atoms with Crippen molar-refractivity contribution in [2.45, 2.75) is 32.4 Å². The van der Waals surface area contributed by atoms with Gasteiger partial charge in [-0.15, -0.1) is 10.2 Å². The summed E-state index contributed by atoms with van der Waals surface area (Å²) in [4.78, 5) is 11.3. The first-order valence-corrected chi connectivity index (χ1v) is 9.48. The van der Waals surface area contributed by atoms with Crippen molar-refractivity contribution < 1.29 is 9.52 Å². The highest BCUT2D eigenvalue weighted by Crippen LogP contribution is 2.28. The molecular formula is C20H24N6O2. The number of benzene rings is 1. The Kier molecular flexibility index (Phi) is 5.31. The number of rotatable bonds is 6. The van der Waals surface area contributed by atoms with E-state index in [-0.39, 0.29) is 12.6 Å². The Labute approximate surface area is 163 Å². The van der Waals surface area contributed by atoms with Crippen molar-refractivity contribution in [3.05, 3.63) is 41.7 Å². The molecule has 3 aromatic rings. The topological polar surface area (TPSA) is 100 Å². The molecule has 0 bridgehead atoms. The van der Waals surface area contributed by atoms with Crippen molar-refractivity contribution in [3.63, 3.8) is 0 Å². The largest absolute Gasteiger partial charge is 0.415 e. The van der Waals surface area contributed by atoms with Gasteiger partial charge in [-0.05, 0) is 44.5 Å². The smallest absolute Gasteiger partial charge is 0.268 e. The molecule has 8 heteroatoms. The zero-order chi connectivity index (χ0) is 19.5. The molecule has 2 aromatic heterocycles. The molecule has 0 radical (unpaired) electrons. The van der Waals surface area contributed by atoms with Gasteiger partial charge in [0.15, 0.2) is 5.69 Å². The van der Waals surface area contributed by atoms with Gasteiger partial charge in [-0.1, -0.05) is 12.1 Å². The molecule has 1 fully saturated rings. The van der Waals surface area contributed by atoms with E-state index < -0.39 is 0 Å². The summed E-state index contributed by atoms with van der Waals surface area (Å²) >= 11 is 0. The first-order valence-electron chi connectivity index (χ1n) is 9.48. The fraction of sp³-hybridized carbons (Fsp3) is 0.400. The maximum atomic E-state index is 9.59. The van der Waals surface area contributed by atoms with Crippen molar-refractivity contribution in [1.82, 2.24) is 25.5 Å². The van der Waals surface area contributed by atoms with Crippen molar-refractivity contribution in [1.29, 1.82) is 0 Å². The van der Waals surface area contributed by atoms with E-state index in [9.17, 15) is 5.11 Å². The highest BCUT2D eigenvalue weighted by atomic mass is 16.4. The summed E-state index contributed by atoms with van der Waals surface area (Å²) in [6.45, 7) is 3.65. The highest BCUT2D eigenvalue weighted by molar-refractivity contribution is 5.58. The fourth-order valence-corrected chi connectivity index (χ4v) is 3.51. The Morgan fingerprint density at radius 2 is 2.00 bits per heavy atom. The molecule has 1 aliphatic heterocycles. The molecule has 1 atom stereocenters. The Hall–Kier alpha value is -2.84. The molecule has 4 rings (SSSR count). The summed E-state index contributed by atoms with van der Waals surface area (Å²) in [7, 11) is 1.92. The van der Waals surface area contributed by atoms with Crippen molar-refractivity contribution in [2.24, 2.45) is 0 Å². The summed E-state index contributed by atoms with van der Waals surface area (Å²) in [5.41, 5.74) is 3.35. The molecule has 28 heavy (non-hydrogen) atoms. The van der Waals surface area contributed by atoms with Gasteiger partial charge in [-0.25, -0.2) is 4.98 Å². The van der Waals surface area contributed by atoms with Crippen LogP contribution >= 0.6 is 0 Å². The van der Waals surface area contributed by atoms with Gasteiger partial charge in [0.2, 0.25) is 5.89 Å². The molecule has 1 saturated heterocycles. The van der Waals surface area contributed by atoms with Gasteiger partial charge in [0.1, 0.15) is 5.82 Å². The molecule has 0 spiro atoms. The Balaban J connectivity index is 1.62. The number of aromatic nitrogens is 4. The van der Waals surface area contributed by atoms with E-state index in [1.54, 1.807) is 6.20 Å². The van der Waals surface area contributed by atoms with Crippen LogP contribution in [0.2, 0.25) is 0 Å². The van der Waals surface area contributed by atoms with Crippen LogP contribution in [-0.2, 0) is 6.54 Å². The van der Waals surface area contributed by atoms with Gasteiger partial charge in [-0.3, -0.25) is 4.98 Å². The average Bonchev–Trinajstić information content (AvgIpc) is 3.39. The summed E-state index contributed by atoms with van der Waals surface area (Å²) in [5, 5.41) is 21.1. The predicted molar refractivity (Wildman–Crippen MR) is 106 cm³/mol. The molecule has 0 unspecified atom stereocenters. The SMILES string of the molecule is CNCc1ccc(-c2nnc(-c3nc(N4CCC[C@H]4CO)cnc3C)o2)cc1. The second kappa shape index (κ2) is 8.04. The molecule has 2 N–H and O–H groups in total. The van der Waals surface area contributed by atoms with E-state index in [1.165, 1.54) is 5.56 Å². The number of aliphatic hydroxyl groups is 1. The number of hydrogen-bond acceptors (Lipinski definition) is 8. The van der Waals surface area contributed by atoms with E-state index >= 15 is 0 Å². The third kappa shape index (κ3) is 3.61. The van der Waals surface area contributed by atoms with E-state index in [4.69, 9.17) is 9.40 Å². The normalized spacial score (nSPS) is 16.7. The zero-order valence-corrected chi connectivity index (χ0v) is 16.1. The summed E-state index contributed by atoms with van der Waals surface area (Å²) in [6.07, 6.45) is 3.73. The van der Waals surface area contributed by atoms with Gasteiger partial charge in [0, 0.05) is 18.7 Å². The van der Waals surface area contributed by atoms with E-state index in [2.05, 4.69) is 25.4 Å². The molecular weight excluding hydrogens is 356 g/mol. The summed E-state index contributed by atoms with van der Waals surface area (Å²) in [5.74, 6) is 1.53. The van der Waals surface area contributed by atoms with Crippen LogP contribution in [-0.4, -0.2) is 51.5 Å². The molecule has 0 amide bonds. The lowest BCUT2D eigenvalue weighted by molar-refractivity contribution is 0.266. The van der Waals surface area contributed by atoms with Gasteiger partial charge >= 0.3 is 0 Å². The van der Waals surface area contributed by atoms with Crippen LogP contribution in [0, 0.1) is 6.92 Å². The number of anilines is 1. The Bertz CT molecular complexity index is 940. The lowest BCUT2D eigenvalue weighted by Gasteiger charge is -2.24. The Morgan fingerprint density at radius 1 is 1.21 bits per heavy atom. The second-order valence-corrected chi connectivity index (χ2v) is 6.97. The minimum Gasteiger partial charge on any atom is -0.415 e. The minimum absolute atomic E-state index is 0.0826. The van der Waals surface area contributed by atoms with Crippen molar-refractivity contribution in [3.8, 4) is 23.0 Å². The number of aryl methyl sites for hydroxylation is 1. The maximum absolute atomic E-state index is 9.59. The standard InChI is InChI=1S/C20H24N6O2/c1-13-18(23-17(11-22-13)26-9-3-4-16(26)12-27)20-25-24-19(28-20)15-7-5-14(6-8-15)10-21-2/h5-8,11,16,21,27H,3-4,9-10,12H2,1-2H3/t16-/m0/s1. The molecule has 1 aliphatic rings. The van der Waals surface area contributed by atoms with Gasteiger partial charge in [-0.2, -0.15) is 0 Å². The lowest BCUT2D eigenvalue weighted by atomic mass is 10.1. The van der Waals surface area contributed by atoms with Crippen LogP contribution in [0.3, 0.4) is 0 Å². The number of nitrogens with zero attached hydrogens (tertiary/aromatic N) is 5. The second-order valence-electron chi connectivity index (χ2n) is 6.97. The zero-order valence-electron chi connectivity index (χ0n) is 16.1. The first kappa shape index (κ1) is 18.5. The van der Waals surface area contributed by atoms with Crippen molar-refractivity contribution in [2.75, 3.05) is 25.1 Å². The van der Waals surface area contributed by atoms with Gasteiger partial charge in [0.25, 0.3) is 5.89 Å². The number of aliphatic hydroxyl groups excluding tert-OH is 1. The van der Waals surface area contributed by atoms with E-state index in [1.807, 2.05) is 38.2 Å². The van der Waals surface area contributed by atoms with Crippen LogP contribution in [0.5, 0.6) is 0 Å². The maximum Gasteiger partial charge on any atom is 0.268 e. The van der Waals surface area contributed by atoms with E-state index in [0.717, 1.165) is 43.0 Å². The predicted octanol–water partition coefficient (Wildman–Crippen LogP) is 2.18. The Morgan fingerprint density at radius 3 is 2.75 bits per heavy atom. The van der Waals surface area contributed by atoms with Crippen LogP contribution in [0.25, 0.3) is 23.0 Å². The van der Waals surface area contributed by atoms with Gasteiger partial charge in [0.05, 0.1) is 24.5 Å². The summed E-state index contributed by atoms with van der Waals surface area (Å²) in [6, 6.07) is 8.08. The third-order valence-electron chi connectivity index (χ3n) is 5.03. The molecule has 1 aromatic carbocycles. The van der Waals surface area contributed by atoms with Crippen molar-refractivity contribution >= 4 is 5.82 Å². The number of nitrogens with one attached hydrogen (secondary N) is 1. The molecule has 146 valence electrons. The third-order valence-corrected chi connectivity index (χ3v) is 5.03. The molecule has 0 saturated carbocycles. The average molecular weight is 380 g/mol. The first-order chi connectivity index (χ1) is 13.7. The monoisotopic (exact) mass is 380 g/mol. The highest BCUT2D eigenvalue weighted by Gasteiger charge is 2.26.